The highest BCUT2D eigenvalue weighted by atomic mass is 16.3. The topological polar surface area (TPSA) is 44.0 Å². The van der Waals surface area contributed by atoms with Crippen LogP contribution in [0.2, 0.25) is 0 Å². The van der Waals surface area contributed by atoms with E-state index >= 15 is 0 Å². The average molecular weight is 249 g/mol. The van der Waals surface area contributed by atoms with E-state index in [2.05, 4.69) is 19.9 Å². The minimum atomic E-state index is -0.704. The summed E-state index contributed by atoms with van der Waals surface area (Å²) in [7, 11) is 0. The van der Waals surface area contributed by atoms with Crippen molar-refractivity contribution in [1.29, 1.82) is 5.26 Å². The molecule has 2 aliphatic rings. The van der Waals surface area contributed by atoms with E-state index in [1.807, 2.05) is 0 Å². The zero-order valence-corrected chi connectivity index (χ0v) is 11.9. The first-order chi connectivity index (χ1) is 8.59. The fraction of sp³-hybridized carbons (Fsp3) is 0.938. The van der Waals surface area contributed by atoms with Crippen molar-refractivity contribution >= 4 is 0 Å². The van der Waals surface area contributed by atoms with Gasteiger partial charge in [0, 0.05) is 0 Å². The molecule has 2 heteroatoms. The molecule has 0 spiro atoms. The molecule has 0 aromatic heterocycles. The number of hydrogen-bond acceptors (Lipinski definition) is 2. The fourth-order valence-corrected chi connectivity index (χ4v) is 4.27. The van der Waals surface area contributed by atoms with E-state index in [0.29, 0.717) is 11.8 Å². The predicted octanol–water partition coefficient (Wildman–Crippen LogP) is 4.04. The Bertz CT molecular complexity index is 334. The summed E-state index contributed by atoms with van der Waals surface area (Å²) in [5.74, 6) is 1.27. The van der Waals surface area contributed by atoms with E-state index in [1.54, 1.807) is 0 Å². The molecule has 0 aliphatic heterocycles. The van der Waals surface area contributed by atoms with Gasteiger partial charge in [0.2, 0.25) is 0 Å². The van der Waals surface area contributed by atoms with Crippen LogP contribution in [0.25, 0.3) is 0 Å². The molecule has 2 saturated carbocycles. The van der Waals surface area contributed by atoms with Crippen molar-refractivity contribution in [2.24, 2.45) is 17.3 Å². The van der Waals surface area contributed by atoms with Crippen LogP contribution in [0.3, 0.4) is 0 Å². The van der Waals surface area contributed by atoms with E-state index in [9.17, 15) is 10.4 Å². The maximum absolute atomic E-state index is 11.1. The second-order valence-corrected chi connectivity index (χ2v) is 6.61. The van der Waals surface area contributed by atoms with Crippen molar-refractivity contribution in [3.05, 3.63) is 0 Å². The highest BCUT2D eigenvalue weighted by molar-refractivity contribution is 5.15. The molecule has 2 aliphatic carbocycles. The smallest absolute Gasteiger partial charge is 0.0863 e. The van der Waals surface area contributed by atoms with Gasteiger partial charge in [0.25, 0.3) is 0 Å². The van der Waals surface area contributed by atoms with Gasteiger partial charge in [-0.05, 0) is 43.9 Å². The average Bonchev–Trinajstić information content (AvgIpc) is 2.84. The zero-order chi connectivity index (χ0) is 13.2. The molecule has 4 atom stereocenters. The first-order valence-electron chi connectivity index (χ1n) is 7.73. The minimum absolute atomic E-state index is 0.443. The Labute approximate surface area is 111 Å². The third-order valence-corrected chi connectivity index (χ3v) is 5.71. The van der Waals surface area contributed by atoms with Crippen LogP contribution in [0.15, 0.2) is 0 Å². The Morgan fingerprint density at radius 1 is 1.11 bits per heavy atom. The van der Waals surface area contributed by atoms with Crippen LogP contribution in [-0.2, 0) is 0 Å². The van der Waals surface area contributed by atoms with E-state index in [1.165, 1.54) is 6.42 Å². The van der Waals surface area contributed by atoms with Gasteiger partial charge in [-0.2, -0.15) is 5.26 Å². The predicted molar refractivity (Wildman–Crippen MR) is 72.9 cm³/mol. The van der Waals surface area contributed by atoms with Crippen LogP contribution in [0.5, 0.6) is 0 Å². The summed E-state index contributed by atoms with van der Waals surface area (Å²) in [5, 5.41) is 20.8. The second kappa shape index (κ2) is 5.21. The van der Waals surface area contributed by atoms with E-state index in [-0.39, 0.29) is 0 Å². The summed E-state index contributed by atoms with van der Waals surface area (Å²) >= 11 is 0. The Kier molecular flexibility index (Phi) is 4.02. The molecule has 18 heavy (non-hydrogen) atoms. The Balaban J connectivity index is 2.19. The van der Waals surface area contributed by atoms with E-state index in [0.717, 1.165) is 51.4 Å². The maximum Gasteiger partial charge on any atom is 0.0863 e. The Morgan fingerprint density at radius 2 is 1.78 bits per heavy atom. The van der Waals surface area contributed by atoms with Crippen LogP contribution < -0.4 is 0 Å². The quantitative estimate of drug-likeness (QED) is 0.820. The van der Waals surface area contributed by atoms with Crippen LogP contribution in [0.4, 0.5) is 0 Å². The lowest BCUT2D eigenvalue weighted by molar-refractivity contribution is -0.0959. The molecular formula is C16H27NO. The lowest BCUT2D eigenvalue weighted by Crippen LogP contribution is -2.49. The summed E-state index contributed by atoms with van der Waals surface area (Å²) in [4.78, 5) is 0. The second-order valence-electron chi connectivity index (χ2n) is 6.61. The monoisotopic (exact) mass is 249 g/mol. The van der Waals surface area contributed by atoms with Gasteiger partial charge in [0.05, 0.1) is 17.1 Å². The third-order valence-electron chi connectivity index (χ3n) is 5.71. The van der Waals surface area contributed by atoms with Crippen molar-refractivity contribution < 1.29 is 5.11 Å². The first kappa shape index (κ1) is 13.9. The van der Waals surface area contributed by atoms with Gasteiger partial charge < -0.3 is 5.11 Å². The van der Waals surface area contributed by atoms with Gasteiger partial charge in [-0.25, -0.2) is 0 Å². The largest absolute Gasteiger partial charge is 0.388 e. The van der Waals surface area contributed by atoms with E-state index in [4.69, 9.17) is 0 Å². The number of nitriles is 1. The maximum atomic E-state index is 11.1. The molecule has 2 rings (SSSR count). The van der Waals surface area contributed by atoms with Crippen LogP contribution in [0, 0.1) is 28.6 Å². The first-order valence-corrected chi connectivity index (χ1v) is 7.73. The summed E-state index contributed by atoms with van der Waals surface area (Å²) in [6, 6.07) is 2.55. The summed E-state index contributed by atoms with van der Waals surface area (Å²) < 4.78 is 0. The van der Waals surface area contributed by atoms with Gasteiger partial charge in [0.1, 0.15) is 0 Å². The molecule has 4 unspecified atom stereocenters. The number of rotatable bonds is 3. The van der Waals surface area contributed by atoms with E-state index < -0.39 is 11.0 Å². The highest BCUT2D eigenvalue weighted by Gasteiger charge is 2.55. The molecule has 0 bridgehead atoms. The summed E-state index contributed by atoms with van der Waals surface area (Å²) in [5.41, 5.74) is -1.15. The molecular weight excluding hydrogens is 222 g/mol. The Hall–Kier alpha value is -0.550. The van der Waals surface area contributed by atoms with Crippen LogP contribution in [-0.4, -0.2) is 10.7 Å². The van der Waals surface area contributed by atoms with Crippen molar-refractivity contribution in [2.45, 2.75) is 77.2 Å². The molecule has 2 nitrogen and oxygen atoms in total. The third kappa shape index (κ3) is 2.18. The zero-order valence-electron chi connectivity index (χ0n) is 11.9. The molecule has 1 N–H and O–H groups in total. The Morgan fingerprint density at radius 3 is 2.33 bits per heavy atom. The van der Waals surface area contributed by atoms with Gasteiger partial charge in [-0.15, -0.1) is 0 Å². The SMILES string of the molecule is CCC1CCCC(O)(C2(C#N)CCC(CC)C2)C1. The summed E-state index contributed by atoms with van der Waals surface area (Å²) in [6.45, 7) is 4.41. The molecule has 0 heterocycles. The van der Waals surface area contributed by atoms with Gasteiger partial charge in [0.15, 0.2) is 0 Å². The minimum Gasteiger partial charge on any atom is -0.388 e. The number of aliphatic hydroxyl groups is 1. The van der Waals surface area contributed by atoms with Crippen molar-refractivity contribution in [1.82, 2.24) is 0 Å². The van der Waals surface area contributed by atoms with Crippen molar-refractivity contribution in [2.75, 3.05) is 0 Å². The molecule has 0 aromatic rings. The van der Waals surface area contributed by atoms with Crippen LogP contribution >= 0.6 is 0 Å². The molecule has 0 radical (unpaired) electrons. The molecule has 0 aromatic carbocycles. The van der Waals surface area contributed by atoms with Crippen LogP contribution in [0.1, 0.15) is 71.6 Å². The lowest BCUT2D eigenvalue weighted by atomic mass is 9.62. The molecule has 102 valence electrons. The lowest BCUT2D eigenvalue weighted by Gasteiger charge is -2.46. The molecule has 0 saturated heterocycles. The normalized spacial score (nSPS) is 44.8. The van der Waals surface area contributed by atoms with Gasteiger partial charge >= 0.3 is 0 Å². The molecule has 0 amide bonds. The highest BCUT2D eigenvalue weighted by Crippen LogP contribution is 2.55. The number of nitrogens with zero attached hydrogens (tertiary/aromatic N) is 1. The fourth-order valence-electron chi connectivity index (χ4n) is 4.27. The van der Waals surface area contributed by atoms with Crippen molar-refractivity contribution in [3.8, 4) is 6.07 Å². The summed E-state index contributed by atoms with van der Waals surface area (Å²) in [6.07, 6.45) is 9.27. The number of hydrogen-bond donors (Lipinski definition) is 1. The van der Waals surface area contributed by atoms with Gasteiger partial charge in [-0.3, -0.25) is 0 Å². The van der Waals surface area contributed by atoms with Crippen molar-refractivity contribution in [3.63, 3.8) is 0 Å². The standard InChI is InChI=1S/C16H27NO/c1-3-13-6-5-8-16(18,11-13)15(12-17)9-7-14(4-2)10-15/h13-14,18H,3-11H2,1-2H3. The van der Waals surface area contributed by atoms with Gasteiger partial charge in [-0.1, -0.05) is 39.5 Å². The molecule has 2 fully saturated rings.